The van der Waals surface area contributed by atoms with Gasteiger partial charge in [-0.05, 0) is 31.4 Å². The highest BCUT2D eigenvalue weighted by Gasteiger charge is 1.97. The summed E-state index contributed by atoms with van der Waals surface area (Å²) in [5.41, 5.74) is 3.47. The van der Waals surface area contributed by atoms with Crippen molar-refractivity contribution >= 4 is 5.78 Å². The fourth-order valence-corrected chi connectivity index (χ4v) is 1.33. The Morgan fingerprint density at radius 2 is 2.00 bits per heavy atom. The summed E-state index contributed by atoms with van der Waals surface area (Å²) in [4.78, 5) is 11.6. The Bertz CT molecular complexity index is 395. The third kappa shape index (κ3) is 4.59. The van der Waals surface area contributed by atoms with Crippen LogP contribution in [0.4, 0.5) is 0 Å². The second-order valence-corrected chi connectivity index (χ2v) is 3.47. The molecule has 0 N–H and O–H groups in total. The van der Waals surface area contributed by atoms with Crippen molar-refractivity contribution < 1.29 is 4.79 Å². The van der Waals surface area contributed by atoms with Crippen LogP contribution in [0.3, 0.4) is 0 Å². The minimum absolute atomic E-state index is 0.0693. The molecule has 0 aliphatic rings. The van der Waals surface area contributed by atoms with E-state index in [1.54, 1.807) is 6.08 Å². The van der Waals surface area contributed by atoms with Crippen LogP contribution in [-0.4, -0.2) is 5.78 Å². The van der Waals surface area contributed by atoms with E-state index in [0.29, 0.717) is 0 Å². The van der Waals surface area contributed by atoms with Crippen molar-refractivity contribution in [2.75, 3.05) is 0 Å². The second-order valence-electron chi connectivity index (χ2n) is 3.47. The molecule has 0 aliphatic heterocycles. The van der Waals surface area contributed by atoms with Gasteiger partial charge < -0.3 is 0 Å². The molecule has 1 aromatic carbocycles. The lowest BCUT2D eigenvalue weighted by Gasteiger charge is -1.93. The number of allylic oxidation sites excluding steroid dienone is 3. The average molecular weight is 212 g/mol. The molecule has 1 aromatic rings. The molecule has 0 amide bonds. The largest absolute Gasteiger partial charge is 0.289 e. The summed E-state index contributed by atoms with van der Waals surface area (Å²) in [6.07, 6.45) is 8.39. The summed E-state index contributed by atoms with van der Waals surface area (Å²) < 4.78 is 0. The van der Waals surface area contributed by atoms with Crippen LogP contribution in [0.2, 0.25) is 0 Å². The van der Waals surface area contributed by atoms with Gasteiger partial charge in [0, 0.05) is 5.56 Å². The van der Waals surface area contributed by atoms with Gasteiger partial charge in [0.15, 0.2) is 5.78 Å². The van der Waals surface area contributed by atoms with Crippen LogP contribution in [0.5, 0.6) is 0 Å². The Labute approximate surface area is 96.8 Å². The first-order chi connectivity index (χ1) is 7.84. The van der Waals surface area contributed by atoms with E-state index in [1.807, 2.05) is 42.5 Å². The van der Waals surface area contributed by atoms with E-state index in [4.69, 9.17) is 0 Å². The first-order valence-corrected chi connectivity index (χ1v) is 5.45. The van der Waals surface area contributed by atoms with Gasteiger partial charge in [0.05, 0.1) is 0 Å². The van der Waals surface area contributed by atoms with E-state index in [1.165, 1.54) is 0 Å². The SMILES string of the molecule is C=C=CCCC/C=C/C(=O)c1ccccc1. The van der Waals surface area contributed by atoms with E-state index >= 15 is 0 Å². The first-order valence-electron chi connectivity index (χ1n) is 5.45. The number of ketones is 1. The third-order valence-electron chi connectivity index (χ3n) is 2.19. The van der Waals surface area contributed by atoms with Gasteiger partial charge in [-0.1, -0.05) is 43.0 Å². The number of carbonyl (C=O) groups excluding carboxylic acids is 1. The number of carbonyl (C=O) groups is 1. The smallest absolute Gasteiger partial charge is 0.185 e. The van der Waals surface area contributed by atoms with E-state index in [9.17, 15) is 4.79 Å². The minimum atomic E-state index is 0.0693. The fourth-order valence-electron chi connectivity index (χ4n) is 1.33. The Balaban J connectivity index is 2.34. The van der Waals surface area contributed by atoms with E-state index < -0.39 is 0 Å². The fraction of sp³-hybridized carbons (Fsp3) is 0.200. The van der Waals surface area contributed by atoms with Crippen LogP contribution in [0.15, 0.2) is 60.9 Å². The van der Waals surface area contributed by atoms with E-state index in [-0.39, 0.29) is 5.78 Å². The van der Waals surface area contributed by atoms with E-state index in [2.05, 4.69) is 12.3 Å². The predicted octanol–water partition coefficient (Wildman–Crippen LogP) is 3.94. The van der Waals surface area contributed by atoms with Crippen LogP contribution in [0.25, 0.3) is 0 Å². The van der Waals surface area contributed by atoms with Crippen LogP contribution < -0.4 is 0 Å². The molecule has 1 rings (SSSR count). The molecule has 1 nitrogen and oxygen atoms in total. The number of rotatable bonds is 6. The molecule has 0 saturated heterocycles. The quantitative estimate of drug-likeness (QED) is 0.302. The summed E-state index contributed by atoms with van der Waals surface area (Å²) >= 11 is 0. The summed E-state index contributed by atoms with van der Waals surface area (Å²) in [6.45, 7) is 3.49. The van der Waals surface area contributed by atoms with Crippen molar-refractivity contribution in [1.29, 1.82) is 0 Å². The van der Waals surface area contributed by atoms with Gasteiger partial charge in [-0.15, -0.1) is 5.73 Å². The zero-order valence-electron chi connectivity index (χ0n) is 9.36. The number of benzene rings is 1. The van der Waals surface area contributed by atoms with E-state index in [0.717, 1.165) is 24.8 Å². The monoisotopic (exact) mass is 212 g/mol. The van der Waals surface area contributed by atoms with Gasteiger partial charge in [-0.25, -0.2) is 0 Å². The summed E-state index contributed by atoms with van der Waals surface area (Å²) in [7, 11) is 0. The van der Waals surface area contributed by atoms with Crippen LogP contribution in [0.1, 0.15) is 29.6 Å². The summed E-state index contributed by atoms with van der Waals surface area (Å²) in [5, 5.41) is 0. The Morgan fingerprint density at radius 1 is 1.25 bits per heavy atom. The lowest BCUT2D eigenvalue weighted by atomic mass is 10.1. The molecule has 0 heterocycles. The number of unbranched alkanes of at least 4 members (excludes halogenated alkanes) is 2. The highest BCUT2D eigenvalue weighted by atomic mass is 16.1. The molecule has 0 aliphatic carbocycles. The molecular weight excluding hydrogens is 196 g/mol. The van der Waals surface area contributed by atoms with Gasteiger partial charge in [-0.2, -0.15) is 0 Å². The molecule has 0 saturated carbocycles. The molecule has 0 spiro atoms. The van der Waals surface area contributed by atoms with Gasteiger partial charge in [0.1, 0.15) is 0 Å². The maximum atomic E-state index is 11.6. The minimum Gasteiger partial charge on any atom is -0.289 e. The average Bonchev–Trinajstić information content (AvgIpc) is 2.34. The van der Waals surface area contributed by atoms with Crippen molar-refractivity contribution in [3.63, 3.8) is 0 Å². The lowest BCUT2D eigenvalue weighted by Crippen LogP contribution is -1.92. The number of hydrogen-bond donors (Lipinski definition) is 0. The zero-order chi connectivity index (χ0) is 11.6. The molecule has 1 heteroatoms. The van der Waals surface area contributed by atoms with Gasteiger partial charge in [0.2, 0.25) is 0 Å². The van der Waals surface area contributed by atoms with Gasteiger partial charge in [-0.3, -0.25) is 4.79 Å². The Hall–Kier alpha value is -1.85. The summed E-state index contributed by atoms with van der Waals surface area (Å²) in [6, 6.07) is 9.30. The Morgan fingerprint density at radius 3 is 2.69 bits per heavy atom. The lowest BCUT2D eigenvalue weighted by molar-refractivity contribution is 0.104. The summed E-state index contributed by atoms with van der Waals surface area (Å²) in [5.74, 6) is 0.0693. The highest BCUT2D eigenvalue weighted by molar-refractivity contribution is 6.04. The molecule has 0 atom stereocenters. The third-order valence-corrected chi connectivity index (χ3v) is 2.19. The molecule has 0 unspecified atom stereocenters. The molecule has 0 bridgehead atoms. The molecule has 16 heavy (non-hydrogen) atoms. The molecule has 0 fully saturated rings. The van der Waals surface area contributed by atoms with Gasteiger partial charge >= 0.3 is 0 Å². The van der Waals surface area contributed by atoms with Gasteiger partial charge in [0.25, 0.3) is 0 Å². The van der Waals surface area contributed by atoms with Crippen molar-refractivity contribution in [3.8, 4) is 0 Å². The molecule has 82 valence electrons. The first kappa shape index (κ1) is 12.2. The maximum Gasteiger partial charge on any atom is 0.185 e. The second kappa shape index (κ2) is 7.44. The van der Waals surface area contributed by atoms with Crippen LogP contribution in [-0.2, 0) is 0 Å². The van der Waals surface area contributed by atoms with Crippen molar-refractivity contribution in [2.24, 2.45) is 0 Å². The van der Waals surface area contributed by atoms with Crippen molar-refractivity contribution in [3.05, 3.63) is 66.4 Å². The van der Waals surface area contributed by atoms with Crippen LogP contribution >= 0.6 is 0 Å². The highest BCUT2D eigenvalue weighted by Crippen LogP contribution is 2.02. The molecule has 0 aromatic heterocycles. The van der Waals surface area contributed by atoms with Crippen LogP contribution in [0, 0.1) is 0 Å². The number of hydrogen-bond acceptors (Lipinski definition) is 1. The van der Waals surface area contributed by atoms with Crippen molar-refractivity contribution in [2.45, 2.75) is 19.3 Å². The Kier molecular flexibility index (Phi) is 5.68. The van der Waals surface area contributed by atoms with Crippen molar-refractivity contribution in [1.82, 2.24) is 0 Å². The normalized spacial score (nSPS) is 10.0. The molecular formula is C15H16O. The standard InChI is InChI=1S/C15H16O/c1-2-3-4-5-6-10-13-15(16)14-11-8-7-9-12-14/h3,7-13H,1,4-6H2/b13-10+. The molecule has 0 radical (unpaired) electrons. The zero-order valence-corrected chi connectivity index (χ0v) is 9.36. The maximum absolute atomic E-state index is 11.6. The topological polar surface area (TPSA) is 17.1 Å². The predicted molar refractivity (Wildman–Crippen MR) is 67.5 cm³/mol.